The number of hydrogen-bond donors (Lipinski definition) is 1. The van der Waals surface area contributed by atoms with Gasteiger partial charge in [-0.3, -0.25) is 9.69 Å². The molecule has 174 valence electrons. The zero-order valence-electron chi connectivity index (χ0n) is 18.5. The summed E-state index contributed by atoms with van der Waals surface area (Å²) in [4.78, 5) is 26.8. The van der Waals surface area contributed by atoms with Gasteiger partial charge < -0.3 is 10.1 Å². The van der Waals surface area contributed by atoms with Crippen LogP contribution in [0.15, 0.2) is 90.6 Å². The lowest BCUT2D eigenvalue weighted by atomic mass is 10.0. The van der Waals surface area contributed by atoms with Crippen molar-refractivity contribution in [2.24, 2.45) is 0 Å². The van der Waals surface area contributed by atoms with E-state index in [0.29, 0.717) is 28.5 Å². The molecule has 5 rings (SSSR count). The van der Waals surface area contributed by atoms with Gasteiger partial charge in [-0.1, -0.05) is 66.2 Å². The van der Waals surface area contributed by atoms with E-state index in [4.69, 9.17) is 16.3 Å². The van der Waals surface area contributed by atoms with Crippen LogP contribution in [0.5, 0.6) is 5.75 Å². The number of ether oxygens (including phenoxy) is 1. The topological polar surface area (TPSA) is 58.6 Å². The molecule has 1 N–H and O–H groups in total. The van der Waals surface area contributed by atoms with Gasteiger partial charge in [0.15, 0.2) is 0 Å². The smallest absolute Gasteiger partial charge is 0.329 e. The Bertz CT molecular complexity index is 1450. The largest absolute Gasteiger partial charge is 0.488 e. The van der Waals surface area contributed by atoms with Crippen molar-refractivity contribution in [2.75, 3.05) is 0 Å². The van der Waals surface area contributed by atoms with Crippen molar-refractivity contribution in [1.29, 1.82) is 0 Å². The molecular formula is C28H20ClFN2O3. The van der Waals surface area contributed by atoms with E-state index in [1.165, 1.54) is 12.1 Å². The van der Waals surface area contributed by atoms with Crippen LogP contribution in [0.1, 0.15) is 16.7 Å². The van der Waals surface area contributed by atoms with E-state index in [0.717, 1.165) is 21.2 Å². The summed E-state index contributed by atoms with van der Waals surface area (Å²) in [5.74, 6) is -0.269. The highest BCUT2D eigenvalue weighted by molar-refractivity contribution is 6.30. The Morgan fingerprint density at radius 1 is 0.886 bits per heavy atom. The number of carbonyl (C=O) groups excluding carboxylic acids is 2. The van der Waals surface area contributed by atoms with Gasteiger partial charge in [0.2, 0.25) is 0 Å². The zero-order valence-corrected chi connectivity index (χ0v) is 19.3. The summed E-state index contributed by atoms with van der Waals surface area (Å²) in [5.41, 5.74) is 2.42. The summed E-state index contributed by atoms with van der Waals surface area (Å²) < 4.78 is 19.3. The number of fused-ring (bicyclic) bond motifs is 1. The third kappa shape index (κ3) is 4.88. The monoisotopic (exact) mass is 486 g/mol. The van der Waals surface area contributed by atoms with Crippen LogP contribution in [-0.2, 0) is 17.9 Å². The lowest BCUT2D eigenvalue weighted by Gasteiger charge is -2.13. The van der Waals surface area contributed by atoms with Gasteiger partial charge >= 0.3 is 6.03 Å². The molecule has 1 aliphatic heterocycles. The van der Waals surface area contributed by atoms with Crippen LogP contribution >= 0.6 is 11.6 Å². The van der Waals surface area contributed by atoms with Crippen molar-refractivity contribution >= 4 is 40.4 Å². The molecule has 0 aliphatic carbocycles. The van der Waals surface area contributed by atoms with Gasteiger partial charge in [-0.15, -0.1) is 0 Å². The molecule has 4 aromatic carbocycles. The lowest BCUT2D eigenvalue weighted by Crippen LogP contribution is -2.30. The lowest BCUT2D eigenvalue weighted by molar-refractivity contribution is -0.123. The summed E-state index contributed by atoms with van der Waals surface area (Å²) in [7, 11) is 0. The van der Waals surface area contributed by atoms with E-state index in [9.17, 15) is 14.0 Å². The number of urea groups is 1. The highest BCUT2D eigenvalue weighted by Gasteiger charge is 2.33. The summed E-state index contributed by atoms with van der Waals surface area (Å²) in [6, 6.07) is 24.1. The van der Waals surface area contributed by atoms with Crippen molar-refractivity contribution in [3.8, 4) is 5.75 Å². The third-order valence-electron chi connectivity index (χ3n) is 5.74. The maximum atomic E-state index is 13.2. The minimum atomic E-state index is -0.533. The van der Waals surface area contributed by atoms with Gasteiger partial charge in [-0.2, -0.15) is 0 Å². The molecule has 7 heteroatoms. The van der Waals surface area contributed by atoms with Crippen LogP contribution in [0.4, 0.5) is 9.18 Å². The molecule has 0 radical (unpaired) electrons. The molecule has 0 aromatic heterocycles. The van der Waals surface area contributed by atoms with Gasteiger partial charge in [-0.25, -0.2) is 9.18 Å². The number of hydrogen-bond acceptors (Lipinski definition) is 3. The summed E-state index contributed by atoms with van der Waals surface area (Å²) >= 11 is 5.97. The van der Waals surface area contributed by atoms with Gasteiger partial charge in [0.05, 0.1) is 6.54 Å². The average molecular weight is 487 g/mol. The second kappa shape index (κ2) is 9.60. The van der Waals surface area contributed by atoms with Crippen molar-refractivity contribution in [3.63, 3.8) is 0 Å². The van der Waals surface area contributed by atoms with Crippen LogP contribution in [0.25, 0.3) is 16.8 Å². The first-order chi connectivity index (χ1) is 17.0. The summed E-state index contributed by atoms with van der Waals surface area (Å²) in [6.07, 6.45) is 1.64. The quantitative estimate of drug-likeness (QED) is 0.257. The Balaban J connectivity index is 1.46. The van der Waals surface area contributed by atoms with E-state index >= 15 is 0 Å². The van der Waals surface area contributed by atoms with Crippen LogP contribution < -0.4 is 10.1 Å². The van der Waals surface area contributed by atoms with Gasteiger partial charge in [0, 0.05) is 10.6 Å². The Morgan fingerprint density at radius 2 is 1.60 bits per heavy atom. The number of nitrogens with zero attached hydrogens (tertiary/aromatic N) is 1. The number of carbonyl (C=O) groups is 2. The maximum Gasteiger partial charge on any atom is 0.329 e. The first-order valence-electron chi connectivity index (χ1n) is 11.0. The first kappa shape index (κ1) is 22.6. The molecule has 0 unspecified atom stereocenters. The predicted octanol–water partition coefficient (Wildman–Crippen LogP) is 6.30. The number of nitrogens with one attached hydrogen (secondary N) is 1. The van der Waals surface area contributed by atoms with Crippen LogP contribution in [0.2, 0.25) is 5.02 Å². The maximum absolute atomic E-state index is 13.2. The highest BCUT2D eigenvalue weighted by atomic mass is 35.5. The Hall–Kier alpha value is -4.16. The van der Waals surface area contributed by atoms with Crippen molar-refractivity contribution in [1.82, 2.24) is 10.2 Å². The SMILES string of the molecule is O=C1N/C(=C/c2c(OCc3ccc(Cl)cc3)ccc3ccccc23)C(=O)N1Cc1ccc(F)cc1. The van der Waals surface area contributed by atoms with Gasteiger partial charge in [0.1, 0.15) is 23.9 Å². The van der Waals surface area contributed by atoms with Crippen LogP contribution in [-0.4, -0.2) is 16.8 Å². The van der Waals surface area contributed by atoms with Crippen LogP contribution in [0, 0.1) is 5.82 Å². The fraction of sp³-hybridized carbons (Fsp3) is 0.0714. The van der Waals surface area contributed by atoms with Crippen molar-refractivity contribution in [2.45, 2.75) is 13.2 Å². The van der Waals surface area contributed by atoms with E-state index in [-0.39, 0.29) is 18.1 Å². The predicted molar refractivity (Wildman–Crippen MR) is 133 cm³/mol. The molecule has 1 aliphatic rings. The molecular weight excluding hydrogens is 467 g/mol. The number of imide groups is 1. The fourth-order valence-electron chi connectivity index (χ4n) is 3.92. The number of rotatable bonds is 6. The first-order valence-corrected chi connectivity index (χ1v) is 11.3. The average Bonchev–Trinajstić information content (AvgIpc) is 3.13. The molecule has 3 amide bonds. The molecule has 1 fully saturated rings. The van der Waals surface area contributed by atoms with E-state index in [1.807, 2.05) is 48.5 Å². The second-order valence-corrected chi connectivity index (χ2v) is 8.56. The Kier molecular flexibility index (Phi) is 6.21. The molecule has 35 heavy (non-hydrogen) atoms. The molecule has 0 bridgehead atoms. The number of benzene rings is 4. The molecule has 4 aromatic rings. The minimum Gasteiger partial charge on any atom is -0.488 e. The minimum absolute atomic E-state index is 0.0394. The molecule has 0 spiro atoms. The molecule has 1 heterocycles. The Labute approximate surface area is 206 Å². The van der Waals surface area contributed by atoms with E-state index in [2.05, 4.69) is 5.32 Å². The van der Waals surface area contributed by atoms with E-state index in [1.54, 1.807) is 30.3 Å². The van der Waals surface area contributed by atoms with E-state index < -0.39 is 11.9 Å². The summed E-state index contributed by atoms with van der Waals surface area (Å²) in [6.45, 7) is 0.348. The molecule has 5 nitrogen and oxygen atoms in total. The number of amides is 3. The zero-order chi connectivity index (χ0) is 24.4. The molecule has 0 saturated carbocycles. The van der Waals surface area contributed by atoms with Crippen molar-refractivity contribution < 1.29 is 18.7 Å². The molecule has 0 atom stereocenters. The highest BCUT2D eigenvalue weighted by Crippen LogP contribution is 2.32. The standard InChI is InChI=1S/C28H20ClFN2O3/c29-21-10-5-19(6-11-21)17-35-26-14-9-20-3-1-2-4-23(20)24(26)15-25-27(33)32(28(34)31-25)16-18-7-12-22(30)13-8-18/h1-15H,16-17H2,(H,31,34)/b25-15+. The third-order valence-corrected chi connectivity index (χ3v) is 6.00. The van der Waals surface area contributed by atoms with Gasteiger partial charge in [0.25, 0.3) is 5.91 Å². The molecule has 1 saturated heterocycles. The van der Waals surface area contributed by atoms with Gasteiger partial charge in [-0.05, 0) is 58.3 Å². The fourth-order valence-corrected chi connectivity index (χ4v) is 4.05. The van der Waals surface area contributed by atoms with Crippen LogP contribution in [0.3, 0.4) is 0 Å². The normalized spacial score (nSPS) is 14.6. The second-order valence-electron chi connectivity index (χ2n) is 8.12. The summed E-state index contributed by atoms with van der Waals surface area (Å²) in [5, 5.41) is 5.16. The van der Waals surface area contributed by atoms with Crippen molar-refractivity contribution in [3.05, 3.63) is 118 Å². The Morgan fingerprint density at radius 3 is 2.37 bits per heavy atom. The number of halogens is 2.